The van der Waals surface area contributed by atoms with Crippen LogP contribution in [0, 0.1) is 0 Å². The van der Waals surface area contributed by atoms with Gasteiger partial charge in [-0.2, -0.15) is 0 Å². The van der Waals surface area contributed by atoms with Crippen LogP contribution in [-0.2, 0) is 6.42 Å². The van der Waals surface area contributed by atoms with Gasteiger partial charge in [0.25, 0.3) is 0 Å². The lowest BCUT2D eigenvalue weighted by molar-refractivity contribution is 0.944. The molecule has 1 aromatic rings. The number of nitrogens with one attached hydrogen (secondary N) is 1. The summed E-state index contributed by atoms with van der Waals surface area (Å²) in [6.07, 6.45) is 0.745. The Morgan fingerprint density at radius 3 is 2.67 bits per heavy atom. The highest BCUT2D eigenvalue weighted by molar-refractivity contribution is 6.32. The van der Waals surface area contributed by atoms with Gasteiger partial charge < -0.3 is 11.1 Å². The molecule has 0 fully saturated rings. The van der Waals surface area contributed by atoms with Crippen molar-refractivity contribution in [1.29, 1.82) is 0 Å². The summed E-state index contributed by atoms with van der Waals surface area (Å²) < 4.78 is 0. The topological polar surface area (TPSA) is 63.8 Å². The molecule has 12 heavy (non-hydrogen) atoms. The number of halogens is 1. The number of rotatable bonds is 2. The predicted molar refractivity (Wildman–Crippen MR) is 50.4 cm³/mol. The number of anilines is 2. The summed E-state index contributed by atoms with van der Waals surface area (Å²) in [6, 6.07) is 0. The predicted octanol–water partition coefficient (Wildman–Crippen LogP) is 1.32. The molecule has 0 aliphatic heterocycles. The Bertz CT molecular complexity index is 287. The van der Waals surface area contributed by atoms with Crippen molar-refractivity contribution in [1.82, 2.24) is 9.97 Å². The number of aryl methyl sites for hydroxylation is 1. The summed E-state index contributed by atoms with van der Waals surface area (Å²) in [6.45, 7) is 1.96. The van der Waals surface area contributed by atoms with Crippen LogP contribution in [0.5, 0.6) is 0 Å². The maximum atomic E-state index is 5.76. The molecule has 0 bridgehead atoms. The standard InChI is InChI=1S/C7H11ClN4/c1-3-4-11-6(8)5(9)7(10-2)12-4/h3,9H2,1-2H3,(H,10,11,12). The summed E-state index contributed by atoms with van der Waals surface area (Å²) >= 11 is 5.76. The lowest BCUT2D eigenvalue weighted by atomic mass is 10.4. The van der Waals surface area contributed by atoms with Gasteiger partial charge in [0.1, 0.15) is 11.5 Å². The molecule has 0 aromatic carbocycles. The molecule has 1 heterocycles. The number of hydrogen-bond donors (Lipinski definition) is 2. The van der Waals surface area contributed by atoms with Gasteiger partial charge >= 0.3 is 0 Å². The Morgan fingerprint density at radius 2 is 2.17 bits per heavy atom. The first-order chi connectivity index (χ1) is 5.69. The van der Waals surface area contributed by atoms with Gasteiger partial charge in [-0.15, -0.1) is 0 Å². The van der Waals surface area contributed by atoms with E-state index in [1.807, 2.05) is 6.92 Å². The molecule has 3 N–H and O–H groups in total. The van der Waals surface area contributed by atoms with Gasteiger partial charge in [-0.1, -0.05) is 18.5 Å². The molecule has 0 aliphatic carbocycles. The normalized spacial score (nSPS) is 9.92. The van der Waals surface area contributed by atoms with Gasteiger partial charge in [-0.05, 0) is 0 Å². The zero-order valence-corrected chi connectivity index (χ0v) is 7.81. The highest BCUT2D eigenvalue weighted by Crippen LogP contribution is 2.22. The summed E-state index contributed by atoms with van der Waals surface area (Å²) in [5.74, 6) is 1.28. The molecule has 0 radical (unpaired) electrons. The lowest BCUT2D eigenvalue weighted by Gasteiger charge is -2.06. The minimum Gasteiger partial charge on any atom is -0.393 e. The van der Waals surface area contributed by atoms with Crippen LogP contribution in [0.25, 0.3) is 0 Å². The summed E-state index contributed by atoms with van der Waals surface area (Å²) in [7, 11) is 1.74. The van der Waals surface area contributed by atoms with E-state index < -0.39 is 0 Å². The Kier molecular flexibility index (Phi) is 2.70. The first kappa shape index (κ1) is 9.06. The second-order valence-corrected chi connectivity index (χ2v) is 2.65. The van der Waals surface area contributed by atoms with Gasteiger partial charge in [0, 0.05) is 13.5 Å². The van der Waals surface area contributed by atoms with Crippen molar-refractivity contribution in [2.45, 2.75) is 13.3 Å². The van der Waals surface area contributed by atoms with Gasteiger partial charge in [0.15, 0.2) is 11.0 Å². The third kappa shape index (κ3) is 1.58. The van der Waals surface area contributed by atoms with Crippen LogP contribution in [0.2, 0.25) is 5.15 Å². The molecule has 0 saturated carbocycles. The van der Waals surface area contributed by atoms with E-state index >= 15 is 0 Å². The first-order valence-electron chi connectivity index (χ1n) is 3.68. The minimum atomic E-state index is 0.311. The Morgan fingerprint density at radius 1 is 1.50 bits per heavy atom. The van der Waals surface area contributed by atoms with E-state index in [0.29, 0.717) is 22.5 Å². The number of nitrogens with two attached hydrogens (primary N) is 1. The molecule has 1 aromatic heterocycles. The third-order valence-electron chi connectivity index (χ3n) is 1.50. The molecule has 0 spiro atoms. The van der Waals surface area contributed by atoms with Gasteiger partial charge in [-0.25, -0.2) is 9.97 Å². The van der Waals surface area contributed by atoms with Crippen LogP contribution in [0.15, 0.2) is 0 Å². The van der Waals surface area contributed by atoms with Crippen LogP contribution in [0.3, 0.4) is 0 Å². The fourth-order valence-electron chi connectivity index (χ4n) is 0.834. The van der Waals surface area contributed by atoms with Crippen molar-refractivity contribution in [2.24, 2.45) is 0 Å². The van der Waals surface area contributed by atoms with Crippen molar-refractivity contribution in [3.63, 3.8) is 0 Å². The van der Waals surface area contributed by atoms with Crippen LogP contribution in [-0.4, -0.2) is 17.0 Å². The van der Waals surface area contributed by atoms with Crippen molar-refractivity contribution < 1.29 is 0 Å². The zero-order valence-electron chi connectivity index (χ0n) is 7.06. The average molecular weight is 187 g/mol. The number of hydrogen-bond acceptors (Lipinski definition) is 4. The lowest BCUT2D eigenvalue weighted by Crippen LogP contribution is -2.04. The van der Waals surface area contributed by atoms with Gasteiger partial charge in [0.05, 0.1) is 0 Å². The van der Waals surface area contributed by atoms with Crippen molar-refractivity contribution >= 4 is 23.1 Å². The molecular formula is C7H11ClN4. The van der Waals surface area contributed by atoms with Crippen LogP contribution in [0.4, 0.5) is 11.5 Å². The van der Waals surface area contributed by atoms with E-state index in [1.165, 1.54) is 0 Å². The largest absolute Gasteiger partial charge is 0.393 e. The first-order valence-corrected chi connectivity index (χ1v) is 4.06. The Balaban J connectivity index is 3.19. The van der Waals surface area contributed by atoms with Crippen molar-refractivity contribution in [3.8, 4) is 0 Å². The maximum absolute atomic E-state index is 5.76. The SMILES string of the molecule is CCc1nc(Cl)c(N)c(NC)n1. The van der Waals surface area contributed by atoms with E-state index in [4.69, 9.17) is 17.3 Å². The molecule has 0 saturated heterocycles. The Labute approximate surface area is 76.2 Å². The highest BCUT2D eigenvalue weighted by atomic mass is 35.5. The fourth-order valence-corrected chi connectivity index (χ4v) is 1.02. The molecule has 4 nitrogen and oxygen atoms in total. The van der Waals surface area contributed by atoms with Crippen LogP contribution < -0.4 is 11.1 Å². The Hall–Kier alpha value is -1.03. The minimum absolute atomic E-state index is 0.311. The molecule has 0 atom stereocenters. The molecule has 0 aliphatic rings. The van der Waals surface area contributed by atoms with E-state index in [1.54, 1.807) is 7.05 Å². The molecular weight excluding hydrogens is 176 g/mol. The number of nitrogen functional groups attached to an aromatic ring is 1. The maximum Gasteiger partial charge on any atom is 0.157 e. The quantitative estimate of drug-likeness (QED) is 0.684. The van der Waals surface area contributed by atoms with Crippen LogP contribution >= 0.6 is 11.6 Å². The monoisotopic (exact) mass is 186 g/mol. The molecule has 66 valence electrons. The number of nitrogens with zero attached hydrogens (tertiary/aromatic N) is 2. The van der Waals surface area contributed by atoms with Crippen molar-refractivity contribution in [2.75, 3.05) is 18.1 Å². The number of aromatic nitrogens is 2. The molecule has 0 unspecified atom stereocenters. The molecule has 1 rings (SSSR count). The highest BCUT2D eigenvalue weighted by Gasteiger charge is 2.06. The third-order valence-corrected chi connectivity index (χ3v) is 1.79. The molecule has 5 heteroatoms. The second kappa shape index (κ2) is 3.58. The van der Waals surface area contributed by atoms with E-state index in [0.717, 1.165) is 6.42 Å². The smallest absolute Gasteiger partial charge is 0.157 e. The average Bonchev–Trinajstić information content (AvgIpc) is 2.09. The zero-order chi connectivity index (χ0) is 9.14. The second-order valence-electron chi connectivity index (χ2n) is 2.30. The van der Waals surface area contributed by atoms with E-state index in [9.17, 15) is 0 Å². The van der Waals surface area contributed by atoms with Crippen LogP contribution in [0.1, 0.15) is 12.7 Å². The summed E-state index contributed by atoms with van der Waals surface area (Å²) in [4.78, 5) is 8.13. The summed E-state index contributed by atoms with van der Waals surface area (Å²) in [5, 5.41) is 3.16. The summed E-state index contributed by atoms with van der Waals surface area (Å²) in [5.41, 5.74) is 6.00. The molecule has 0 amide bonds. The fraction of sp³-hybridized carbons (Fsp3) is 0.429. The van der Waals surface area contributed by atoms with Crippen molar-refractivity contribution in [3.05, 3.63) is 11.0 Å². The van der Waals surface area contributed by atoms with E-state index in [2.05, 4.69) is 15.3 Å². The van der Waals surface area contributed by atoms with E-state index in [-0.39, 0.29) is 0 Å². The van der Waals surface area contributed by atoms with Gasteiger partial charge in [0.2, 0.25) is 0 Å². The van der Waals surface area contributed by atoms with Gasteiger partial charge in [-0.3, -0.25) is 0 Å².